The van der Waals surface area contributed by atoms with Gasteiger partial charge in [0.25, 0.3) is 5.91 Å². The molecule has 8 nitrogen and oxygen atoms in total. The van der Waals surface area contributed by atoms with Crippen LogP contribution in [0.15, 0.2) is 27.4 Å². The Morgan fingerprint density at radius 2 is 2.03 bits per heavy atom. The average molecular weight is 437 g/mol. The maximum Gasteiger partial charge on any atom is 0.355 e. The smallest absolute Gasteiger partial charge is 0.355 e. The molecule has 1 atom stereocenters. The van der Waals surface area contributed by atoms with Gasteiger partial charge in [0.15, 0.2) is 6.61 Å². The van der Waals surface area contributed by atoms with E-state index >= 15 is 0 Å². The SMILES string of the molecule is Cc1c(Cl)c(=O)oc2cc(OCC(=O)N[C@@H](CO)C(=O)NC3CCCCC3)ccc12. The summed E-state index contributed by atoms with van der Waals surface area (Å²) in [5.41, 5.74) is 0.244. The van der Waals surface area contributed by atoms with Crippen LogP contribution in [0.4, 0.5) is 0 Å². The number of carbonyl (C=O) groups is 2. The van der Waals surface area contributed by atoms with Crippen molar-refractivity contribution in [1.29, 1.82) is 0 Å². The van der Waals surface area contributed by atoms with E-state index in [-0.39, 0.29) is 17.7 Å². The fourth-order valence-electron chi connectivity index (χ4n) is 3.53. The van der Waals surface area contributed by atoms with Gasteiger partial charge in [-0.25, -0.2) is 4.79 Å². The summed E-state index contributed by atoms with van der Waals surface area (Å²) in [6.07, 6.45) is 5.10. The van der Waals surface area contributed by atoms with Gasteiger partial charge in [-0.2, -0.15) is 0 Å². The number of aliphatic hydroxyl groups excluding tert-OH is 1. The number of hydrogen-bond acceptors (Lipinski definition) is 6. The highest BCUT2D eigenvalue weighted by atomic mass is 35.5. The second-order valence-corrected chi connectivity index (χ2v) is 7.80. The molecule has 0 radical (unpaired) electrons. The third-order valence-corrected chi connectivity index (χ3v) is 5.66. The number of hydrogen-bond donors (Lipinski definition) is 3. The maximum absolute atomic E-state index is 12.3. The van der Waals surface area contributed by atoms with Crippen LogP contribution in [0.25, 0.3) is 11.0 Å². The van der Waals surface area contributed by atoms with Gasteiger partial charge in [0.1, 0.15) is 22.4 Å². The molecular weight excluding hydrogens is 412 g/mol. The fraction of sp³-hybridized carbons (Fsp3) is 0.476. The van der Waals surface area contributed by atoms with Crippen molar-refractivity contribution < 1.29 is 23.8 Å². The van der Waals surface area contributed by atoms with Gasteiger partial charge in [0, 0.05) is 17.5 Å². The van der Waals surface area contributed by atoms with Crippen LogP contribution in [0.1, 0.15) is 37.7 Å². The van der Waals surface area contributed by atoms with Gasteiger partial charge in [-0.05, 0) is 37.5 Å². The Morgan fingerprint density at radius 3 is 2.73 bits per heavy atom. The number of carbonyl (C=O) groups excluding carboxylic acids is 2. The minimum Gasteiger partial charge on any atom is -0.484 e. The van der Waals surface area contributed by atoms with Crippen molar-refractivity contribution in [2.75, 3.05) is 13.2 Å². The molecule has 0 saturated heterocycles. The van der Waals surface area contributed by atoms with Crippen molar-refractivity contribution in [3.63, 3.8) is 0 Å². The summed E-state index contributed by atoms with van der Waals surface area (Å²) < 4.78 is 10.6. The normalized spacial score (nSPS) is 15.6. The Labute approximate surface area is 178 Å². The van der Waals surface area contributed by atoms with E-state index in [1.54, 1.807) is 19.1 Å². The lowest BCUT2D eigenvalue weighted by Gasteiger charge is -2.25. The number of ether oxygens (including phenoxy) is 1. The number of amides is 2. The van der Waals surface area contributed by atoms with E-state index in [2.05, 4.69) is 10.6 Å². The van der Waals surface area contributed by atoms with Gasteiger partial charge in [-0.15, -0.1) is 0 Å². The van der Waals surface area contributed by atoms with Gasteiger partial charge < -0.3 is 24.9 Å². The monoisotopic (exact) mass is 436 g/mol. The first-order chi connectivity index (χ1) is 14.4. The van der Waals surface area contributed by atoms with E-state index in [0.717, 1.165) is 32.1 Å². The van der Waals surface area contributed by atoms with Gasteiger partial charge >= 0.3 is 5.63 Å². The molecule has 0 unspecified atom stereocenters. The molecule has 1 saturated carbocycles. The number of aliphatic hydroxyl groups is 1. The zero-order valence-electron chi connectivity index (χ0n) is 16.7. The van der Waals surface area contributed by atoms with Crippen LogP contribution in [0, 0.1) is 6.92 Å². The quantitative estimate of drug-likeness (QED) is 0.572. The molecule has 3 rings (SSSR count). The van der Waals surface area contributed by atoms with Crippen molar-refractivity contribution in [2.45, 2.75) is 51.1 Å². The molecule has 1 aliphatic carbocycles. The minimum atomic E-state index is -1.04. The van der Waals surface area contributed by atoms with Crippen LogP contribution >= 0.6 is 11.6 Å². The van der Waals surface area contributed by atoms with Crippen LogP contribution in [-0.4, -0.2) is 42.2 Å². The topological polar surface area (TPSA) is 118 Å². The lowest BCUT2D eigenvalue weighted by Crippen LogP contribution is -2.52. The molecule has 3 N–H and O–H groups in total. The van der Waals surface area contributed by atoms with Gasteiger partial charge in [0.2, 0.25) is 5.91 Å². The Kier molecular flexibility index (Phi) is 7.33. The van der Waals surface area contributed by atoms with Crippen LogP contribution in [0.2, 0.25) is 5.02 Å². The molecule has 0 bridgehead atoms. The second kappa shape index (κ2) is 9.95. The number of aryl methyl sites for hydroxylation is 1. The molecular formula is C21H25ClN2O6. The number of rotatable bonds is 7. The molecule has 0 spiro atoms. The summed E-state index contributed by atoms with van der Waals surface area (Å²) in [5.74, 6) is -0.644. The van der Waals surface area contributed by atoms with Gasteiger partial charge in [-0.1, -0.05) is 30.9 Å². The van der Waals surface area contributed by atoms with E-state index in [0.29, 0.717) is 22.3 Å². The predicted octanol–water partition coefficient (Wildman–Crippen LogP) is 2.06. The Morgan fingerprint density at radius 1 is 1.30 bits per heavy atom. The van der Waals surface area contributed by atoms with Gasteiger partial charge in [-0.3, -0.25) is 9.59 Å². The Bertz CT molecular complexity index is 983. The summed E-state index contributed by atoms with van der Waals surface area (Å²) in [6, 6.07) is 3.84. The molecule has 9 heteroatoms. The van der Waals surface area contributed by atoms with E-state index in [1.165, 1.54) is 6.07 Å². The highest BCUT2D eigenvalue weighted by Crippen LogP contribution is 2.25. The zero-order chi connectivity index (χ0) is 21.7. The van der Waals surface area contributed by atoms with Gasteiger partial charge in [0.05, 0.1) is 6.61 Å². The van der Waals surface area contributed by atoms with Crippen molar-refractivity contribution in [3.8, 4) is 5.75 Å². The van der Waals surface area contributed by atoms with Crippen LogP contribution in [0.3, 0.4) is 0 Å². The van der Waals surface area contributed by atoms with E-state index < -0.39 is 30.1 Å². The number of benzene rings is 1. The largest absolute Gasteiger partial charge is 0.484 e. The summed E-state index contributed by atoms with van der Waals surface area (Å²) in [7, 11) is 0. The van der Waals surface area contributed by atoms with Crippen LogP contribution in [0.5, 0.6) is 5.75 Å². The Balaban J connectivity index is 1.57. The fourth-order valence-corrected chi connectivity index (χ4v) is 3.67. The summed E-state index contributed by atoms with van der Waals surface area (Å²) in [5, 5.41) is 15.5. The van der Waals surface area contributed by atoms with Crippen LogP contribution in [-0.2, 0) is 9.59 Å². The van der Waals surface area contributed by atoms with E-state index in [1.807, 2.05) is 0 Å². The van der Waals surface area contributed by atoms with E-state index in [4.69, 9.17) is 20.8 Å². The summed E-state index contributed by atoms with van der Waals surface area (Å²) >= 11 is 5.90. The molecule has 1 aliphatic rings. The van der Waals surface area contributed by atoms with Crippen LogP contribution < -0.4 is 21.0 Å². The summed E-state index contributed by atoms with van der Waals surface area (Å²) in [6.45, 7) is 0.837. The third kappa shape index (κ3) is 5.31. The zero-order valence-corrected chi connectivity index (χ0v) is 17.5. The molecule has 1 aromatic carbocycles. The molecule has 1 heterocycles. The summed E-state index contributed by atoms with van der Waals surface area (Å²) in [4.78, 5) is 36.2. The standard InChI is InChI=1S/C21H25ClN2O6/c1-12-15-8-7-14(9-17(15)30-21(28)19(12)22)29-11-18(26)24-16(10-25)20(27)23-13-5-3-2-4-6-13/h7-9,13,16,25H,2-6,10-11H2,1H3,(H,23,27)(H,24,26)/t16-/m0/s1. The maximum atomic E-state index is 12.3. The Hall–Kier alpha value is -2.58. The second-order valence-electron chi connectivity index (χ2n) is 7.42. The highest BCUT2D eigenvalue weighted by molar-refractivity contribution is 6.31. The average Bonchev–Trinajstić information content (AvgIpc) is 2.75. The number of fused-ring (bicyclic) bond motifs is 1. The predicted molar refractivity (Wildman–Crippen MR) is 112 cm³/mol. The van der Waals surface area contributed by atoms with Crippen molar-refractivity contribution >= 4 is 34.4 Å². The molecule has 30 heavy (non-hydrogen) atoms. The highest BCUT2D eigenvalue weighted by Gasteiger charge is 2.23. The molecule has 2 amide bonds. The molecule has 1 fully saturated rings. The third-order valence-electron chi connectivity index (χ3n) is 5.22. The lowest BCUT2D eigenvalue weighted by molar-refractivity contribution is -0.131. The van der Waals surface area contributed by atoms with E-state index in [9.17, 15) is 19.5 Å². The van der Waals surface area contributed by atoms with Crippen molar-refractivity contribution in [3.05, 3.63) is 39.2 Å². The molecule has 0 aliphatic heterocycles. The minimum absolute atomic E-state index is 0.0251. The first-order valence-electron chi connectivity index (χ1n) is 9.95. The van der Waals surface area contributed by atoms with Crippen molar-refractivity contribution in [1.82, 2.24) is 10.6 Å². The number of nitrogens with one attached hydrogen (secondary N) is 2. The first kappa shape index (κ1) is 22.1. The molecule has 1 aromatic heterocycles. The first-order valence-corrected chi connectivity index (χ1v) is 10.3. The number of halogens is 1. The van der Waals surface area contributed by atoms with Crippen molar-refractivity contribution in [2.24, 2.45) is 0 Å². The molecule has 2 aromatic rings. The lowest BCUT2D eigenvalue weighted by atomic mass is 9.95. The molecule has 162 valence electrons.